The van der Waals surface area contributed by atoms with Crippen molar-refractivity contribution >= 4 is 23.2 Å². The summed E-state index contributed by atoms with van der Waals surface area (Å²) >= 11 is 0. The van der Waals surface area contributed by atoms with Gasteiger partial charge in [-0.1, -0.05) is 80.8 Å². The second kappa shape index (κ2) is 12.0. The molecule has 0 aliphatic heterocycles. The molecule has 3 aromatic carbocycles. The Kier molecular flexibility index (Phi) is 9.32. The van der Waals surface area contributed by atoms with Gasteiger partial charge in [0.2, 0.25) is 0 Å². The van der Waals surface area contributed by atoms with Crippen LogP contribution < -0.4 is 32.9 Å². The molecule has 31 heavy (non-hydrogen) atoms. The van der Waals surface area contributed by atoms with Crippen LogP contribution in [0.4, 0.5) is 0 Å². The molecule has 1 aliphatic rings. The lowest BCUT2D eigenvalue weighted by atomic mass is 9.94. The van der Waals surface area contributed by atoms with E-state index in [4.69, 9.17) is 0 Å². The number of benzene rings is 3. The van der Waals surface area contributed by atoms with Gasteiger partial charge in [-0.15, -0.1) is 0 Å². The van der Waals surface area contributed by atoms with E-state index in [1.807, 2.05) is 0 Å². The van der Waals surface area contributed by atoms with Gasteiger partial charge in [-0.3, -0.25) is 4.90 Å². The third-order valence-corrected chi connectivity index (χ3v) is 11.2. The highest BCUT2D eigenvalue weighted by atomic mass is 79.9. The smallest absolute Gasteiger partial charge is 0.113 e. The van der Waals surface area contributed by atoms with Gasteiger partial charge in [0, 0.05) is 12.6 Å². The van der Waals surface area contributed by atoms with Crippen LogP contribution in [0.15, 0.2) is 91.0 Å². The van der Waals surface area contributed by atoms with Crippen LogP contribution in [0.25, 0.3) is 0 Å². The molecule has 0 amide bonds. The summed E-state index contributed by atoms with van der Waals surface area (Å²) in [6.07, 6.45) is 8.18. The maximum absolute atomic E-state index is 2.78. The number of hydrogen-bond donors (Lipinski definition) is 0. The Bertz CT molecular complexity index is 782. The highest BCUT2D eigenvalue weighted by molar-refractivity contribution is 7.95. The molecule has 0 spiro atoms. The molecule has 164 valence electrons. The van der Waals surface area contributed by atoms with Gasteiger partial charge in [0.15, 0.2) is 0 Å². The van der Waals surface area contributed by atoms with Crippen LogP contribution in [0.3, 0.4) is 0 Å². The van der Waals surface area contributed by atoms with E-state index in [-0.39, 0.29) is 17.0 Å². The largest absolute Gasteiger partial charge is 1.00 e. The van der Waals surface area contributed by atoms with Crippen molar-refractivity contribution in [2.75, 3.05) is 19.3 Å². The molecule has 1 saturated carbocycles. The van der Waals surface area contributed by atoms with Crippen molar-refractivity contribution in [2.24, 2.45) is 0 Å². The van der Waals surface area contributed by atoms with Crippen molar-refractivity contribution in [3.63, 3.8) is 0 Å². The highest BCUT2D eigenvalue weighted by Gasteiger charge is 2.45. The van der Waals surface area contributed by atoms with E-state index < -0.39 is 7.26 Å². The quantitative estimate of drug-likeness (QED) is 0.434. The molecule has 3 heteroatoms. The molecule has 0 unspecified atom stereocenters. The normalized spacial score (nSPS) is 14.9. The van der Waals surface area contributed by atoms with Crippen LogP contribution in [0.2, 0.25) is 0 Å². The number of nitrogens with zero attached hydrogens (tertiary/aromatic N) is 1. The summed E-state index contributed by atoms with van der Waals surface area (Å²) < 4.78 is 0. The van der Waals surface area contributed by atoms with Gasteiger partial charge < -0.3 is 17.0 Å². The van der Waals surface area contributed by atoms with Gasteiger partial charge in [-0.05, 0) is 55.8 Å². The molecular weight excluding hydrogens is 461 g/mol. The lowest BCUT2D eigenvalue weighted by Crippen LogP contribution is -3.00. The third-order valence-electron chi connectivity index (χ3n) is 6.81. The minimum absolute atomic E-state index is 0. The molecule has 0 bridgehead atoms. The molecule has 4 rings (SSSR count). The molecule has 0 radical (unpaired) electrons. The minimum Gasteiger partial charge on any atom is -1.00 e. The fraction of sp³-hybridized carbons (Fsp3) is 0.357. The van der Waals surface area contributed by atoms with Crippen molar-refractivity contribution in [1.29, 1.82) is 0 Å². The third kappa shape index (κ3) is 5.48. The predicted octanol–water partition coefficient (Wildman–Crippen LogP) is 2.64. The zero-order valence-corrected chi connectivity index (χ0v) is 21.1. The van der Waals surface area contributed by atoms with Crippen LogP contribution in [-0.4, -0.2) is 30.2 Å². The van der Waals surface area contributed by atoms with Crippen molar-refractivity contribution in [3.05, 3.63) is 91.0 Å². The summed E-state index contributed by atoms with van der Waals surface area (Å²) in [6, 6.07) is 34.7. The van der Waals surface area contributed by atoms with E-state index in [0.29, 0.717) is 0 Å². The highest BCUT2D eigenvalue weighted by Crippen LogP contribution is 2.55. The summed E-state index contributed by atoms with van der Waals surface area (Å²) in [5.41, 5.74) is 0. The molecular formula is C28H35BrNP. The van der Waals surface area contributed by atoms with Crippen molar-refractivity contribution in [3.8, 4) is 0 Å². The van der Waals surface area contributed by atoms with Crippen molar-refractivity contribution in [2.45, 2.75) is 45.1 Å². The van der Waals surface area contributed by atoms with Gasteiger partial charge in [0.1, 0.15) is 23.2 Å². The van der Waals surface area contributed by atoms with Crippen LogP contribution in [0.5, 0.6) is 0 Å². The Morgan fingerprint density at radius 2 is 1.10 bits per heavy atom. The SMILES string of the molecule is CCN(CC[P+](c1ccccc1)(c1ccccc1)c1ccccc1)C1CCCCC1.[Br-]. The van der Waals surface area contributed by atoms with Crippen LogP contribution in [0.1, 0.15) is 39.0 Å². The van der Waals surface area contributed by atoms with Gasteiger partial charge in [-0.2, -0.15) is 0 Å². The van der Waals surface area contributed by atoms with E-state index in [1.54, 1.807) is 0 Å². The van der Waals surface area contributed by atoms with E-state index in [2.05, 4.69) is 103 Å². The Labute approximate surface area is 200 Å². The molecule has 1 aliphatic carbocycles. The maximum Gasteiger partial charge on any atom is 0.113 e. The Morgan fingerprint density at radius 3 is 1.48 bits per heavy atom. The van der Waals surface area contributed by atoms with Gasteiger partial charge in [-0.25, -0.2) is 0 Å². The van der Waals surface area contributed by atoms with Crippen LogP contribution in [0, 0.1) is 0 Å². The molecule has 3 aromatic rings. The van der Waals surface area contributed by atoms with Gasteiger partial charge >= 0.3 is 0 Å². The fourth-order valence-electron chi connectivity index (χ4n) is 5.21. The maximum atomic E-state index is 2.78. The van der Waals surface area contributed by atoms with E-state index in [0.717, 1.165) is 12.6 Å². The second-order valence-electron chi connectivity index (χ2n) is 8.46. The topological polar surface area (TPSA) is 3.24 Å². The Balaban J connectivity index is 0.00000272. The van der Waals surface area contributed by atoms with Crippen LogP contribution in [-0.2, 0) is 0 Å². The van der Waals surface area contributed by atoms with Gasteiger partial charge in [0.25, 0.3) is 0 Å². The summed E-state index contributed by atoms with van der Waals surface area (Å²) in [5, 5.41) is 4.51. The van der Waals surface area contributed by atoms with Crippen molar-refractivity contribution in [1.82, 2.24) is 4.90 Å². The minimum atomic E-state index is -1.71. The van der Waals surface area contributed by atoms with E-state index in [1.165, 1.54) is 60.7 Å². The number of rotatable bonds is 8. The number of hydrogen-bond acceptors (Lipinski definition) is 1. The first-order valence-corrected chi connectivity index (χ1v) is 13.6. The van der Waals surface area contributed by atoms with Gasteiger partial charge in [0.05, 0.1) is 6.16 Å². The molecule has 1 nitrogen and oxygen atoms in total. The first kappa shape index (κ1) is 24.2. The Hall–Kier alpha value is -1.47. The molecule has 0 aromatic heterocycles. The zero-order valence-electron chi connectivity index (χ0n) is 18.7. The lowest BCUT2D eigenvalue weighted by molar-refractivity contribution is -0.00000613. The molecule has 0 N–H and O–H groups in total. The van der Waals surface area contributed by atoms with E-state index in [9.17, 15) is 0 Å². The van der Waals surface area contributed by atoms with Crippen molar-refractivity contribution < 1.29 is 17.0 Å². The molecule has 0 heterocycles. The first-order valence-electron chi connectivity index (χ1n) is 11.6. The average Bonchev–Trinajstić information content (AvgIpc) is 2.84. The van der Waals surface area contributed by atoms with E-state index >= 15 is 0 Å². The molecule has 0 atom stereocenters. The lowest BCUT2D eigenvalue weighted by Gasteiger charge is -2.35. The molecule has 1 fully saturated rings. The first-order chi connectivity index (χ1) is 14.8. The fourth-order valence-corrected chi connectivity index (χ4v) is 9.47. The Morgan fingerprint density at radius 1 is 0.677 bits per heavy atom. The summed E-state index contributed by atoms with van der Waals surface area (Å²) in [6.45, 7) is 4.68. The monoisotopic (exact) mass is 495 g/mol. The standard InChI is InChI=1S/C28H35NP.BrH/c1-2-29(25-15-7-3-8-16-25)23-24-30(26-17-9-4-10-18-26,27-19-11-5-12-20-27)28-21-13-6-14-22-28;/h4-6,9-14,17-22,25H,2-3,7-8,15-16,23-24H2,1H3;1H/q+1;/p-1. The zero-order chi connectivity index (χ0) is 20.7. The summed E-state index contributed by atoms with van der Waals surface area (Å²) in [7, 11) is -1.71. The summed E-state index contributed by atoms with van der Waals surface area (Å²) in [4.78, 5) is 2.78. The molecule has 0 saturated heterocycles. The second-order valence-corrected chi connectivity index (χ2v) is 12.1. The predicted molar refractivity (Wildman–Crippen MR) is 134 cm³/mol. The van der Waals surface area contributed by atoms with Crippen LogP contribution >= 0.6 is 7.26 Å². The number of halogens is 1. The average molecular weight is 496 g/mol. The summed E-state index contributed by atoms with van der Waals surface area (Å²) in [5.74, 6) is 0.